The Morgan fingerprint density at radius 2 is 1.26 bits per heavy atom. The van der Waals surface area contributed by atoms with E-state index in [1.807, 2.05) is 60.9 Å². The number of halogens is 1. The number of nitrogens with zero attached hydrogens (tertiary/aromatic N) is 2. The zero-order chi connectivity index (χ0) is 24.0. The fraction of sp³-hybridized carbons (Fsp3) is 0.448. The van der Waals surface area contributed by atoms with Gasteiger partial charge in [0.1, 0.15) is 24.3 Å². The van der Waals surface area contributed by atoms with Crippen LogP contribution in [0.1, 0.15) is 65.2 Å². The van der Waals surface area contributed by atoms with Crippen LogP contribution in [0.25, 0.3) is 22.5 Å². The highest BCUT2D eigenvalue weighted by atomic mass is 19.1. The molecule has 3 rings (SSSR count). The van der Waals surface area contributed by atoms with Gasteiger partial charge in [-0.2, -0.15) is 0 Å². The van der Waals surface area contributed by atoms with E-state index in [9.17, 15) is 4.39 Å². The Labute approximate surface area is 203 Å². The summed E-state index contributed by atoms with van der Waals surface area (Å²) in [7, 11) is 0. The number of ether oxygens (including phenoxy) is 2. The van der Waals surface area contributed by atoms with Gasteiger partial charge in [-0.05, 0) is 54.8 Å². The highest BCUT2D eigenvalue weighted by Gasteiger charge is 2.08. The molecule has 0 saturated carbocycles. The average Bonchev–Trinajstić information content (AvgIpc) is 2.89. The van der Waals surface area contributed by atoms with Crippen molar-refractivity contribution in [3.05, 3.63) is 60.9 Å². The summed E-state index contributed by atoms with van der Waals surface area (Å²) in [6.07, 6.45) is 11.3. The fourth-order valence-electron chi connectivity index (χ4n) is 3.66. The summed E-state index contributed by atoms with van der Waals surface area (Å²) in [5.41, 5.74) is 2.90. The van der Waals surface area contributed by atoms with Crippen molar-refractivity contribution in [2.24, 2.45) is 0 Å². The minimum absolute atomic E-state index is 0.0906. The van der Waals surface area contributed by atoms with E-state index >= 15 is 0 Å². The first-order valence-corrected chi connectivity index (χ1v) is 12.6. The number of rotatable bonds is 15. The van der Waals surface area contributed by atoms with E-state index in [1.54, 1.807) is 0 Å². The van der Waals surface area contributed by atoms with Crippen molar-refractivity contribution in [3.8, 4) is 34.0 Å². The van der Waals surface area contributed by atoms with Crippen molar-refractivity contribution in [1.29, 1.82) is 0 Å². The number of hydrogen-bond donors (Lipinski definition) is 0. The Hall–Kier alpha value is -2.95. The molecule has 3 aromatic rings. The maximum Gasteiger partial charge on any atom is 0.159 e. The summed E-state index contributed by atoms with van der Waals surface area (Å²) < 4.78 is 25.2. The average molecular weight is 465 g/mol. The molecule has 0 amide bonds. The molecule has 1 atom stereocenters. The van der Waals surface area contributed by atoms with Crippen LogP contribution in [0.4, 0.5) is 4.39 Å². The fourth-order valence-corrected chi connectivity index (χ4v) is 3.66. The van der Waals surface area contributed by atoms with Crippen LogP contribution >= 0.6 is 0 Å². The molecule has 5 heteroatoms. The lowest BCUT2D eigenvalue weighted by Gasteiger charge is -2.10. The van der Waals surface area contributed by atoms with E-state index in [-0.39, 0.29) is 6.61 Å². The summed E-state index contributed by atoms with van der Waals surface area (Å²) in [6.45, 7) is 5.14. The smallest absolute Gasteiger partial charge is 0.159 e. The molecule has 0 radical (unpaired) electrons. The summed E-state index contributed by atoms with van der Waals surface area (Å²) in [6, 6.07) is 15.5. The van der Waals surface area contributed by atoms with Crippen LogP contribution < -0.4 is 9.47 Å². The van der Waals surface area contributed by atoms with Crippen molar-refractivity contribution in [3.63, 3.8) is 0 Å². The predicted molar refractivity (Wildman–Crippen MR) is 137 cm³/mol. The van der Waals surface area contributed by atoms with Gasteiger partial charge in [-0.1, -0.05) is 64.5 Å². The Balaban J connectivity index is 1.49. The Bertz CT molecular complexity index is 943. The van der Waals surface area contributed by atoms with Crippen molar-refractivity contribution in [2.75, 3.05) is 13.2 Å². The third kappa shape index (κ3) is 8.44. The van der Waals surface area contributed by atoms with E-state index in [0.29, 0.717) is 18.0 Å². The SMILES string of the molecule is CCCCCCCOc1ccc(-c2cnc(-c3ccc(OCC(F)CCCC)cc3)nc2)cc1. The van der Waals surface area contributed by atoms with Gasteiger partial charge < -0.3 is 9.47 Å². The zero-order valence-corrected chi connectivity index (χ0v) is 20.5. The molecule has 0 aliphatic rings. The van der Waals surface area contributed by atoms with Crippen molar-refractivity contribution >= 4 is 0 Å². The van der Waals surface area contributed by atoms with Gasteiger partial charge in [0.25, 0.3) is 0 Å². The van der Waals surface area contributed by atoms with E-state index in [0.717, 1.165) is 48.3 Å². The molecule has 182 valence electrons. The minimum Gasteiger partial charge on any atom is -0.494 e. The molecule has 0 bridgehead atoms. The van der Waals surface area contributed by atoms with Crippen LogP contribution in [0, 0.1) is 0 Å². The molecule has 1 unspecified atom stereocenters. The van der Waals surface area contributed by atoms with Crippen LogP contribution in [0.5, 0.6) is 11.5 Å². The molecule has 0 saturated heterocycles. The van der Waals surface area contributed by atoms with Crippen molar-refractivity contribution in [2.45, 2.75) is 71.4 Å². The number of benzene rings is 2. The standard InChI is InChI=1S/C29H37FN2O2/c1-3-5-7-8-9-19-33-27-15-11-23(12-16-27)25-20-31-29(32-21-25)24-13-17-28(18-14-24)34-22-26(30)10-6-4-2/h11-18,20-21,26H,3-10,19,22H2,1-2H3. The normalized spacial score (nSPS) is 11.9. The van der Waals surface area contributed by atoms with Gasteiger partial charge in [0, 0.05) is 23.5 Å². The summed E-state index contributed by atoms with van der Waals surface area (Å²) in [5.74, 6) is 2.19. The van der Waals surface area contributed by atoms with Gasteiger partial charge in [0.15, 0.2) is 5.82 Å². The largest absolute Gasteiger partial charge is 0.494 e. The van der Waals surface area contributed by atoms with Gasteiger partial charge in [-0.15, -0.1) is 0 Å². The maximum absolute atomic E-state index is 13.8. The highest BCUT2D eigenvalue weighted by molar-refractivity contribution is 5.64. The first-order valence-electron chi connectivity index (χ1n) is 12.6. The Kier molecular flexibility index (Phi) is 10.8. The monoisotopic (exact) mass is 464 g/mol. The van der Waals surface area contributed by atoms with Gasteiger partial charge in [0.2, 0.25) is 0 Å². The zero-order valence-electron chi connectivity index (χ0n) is 20.5. The second-order valence-corrected chi connectivity index (χ2v) is 8.66. The Morgan fingerprint density at radius 1 is 0.676 bits per heavy atom. The van der Waals surface area contributed by atoms with Crippen LogP contribution in [-0.4, -0.2) is 29.4 Å². The van der Waals surface area contributed by atoms with E-state index < -0.39 is 6.17 Å². The molecular weight excluding hydrogens is 427 g/mol. The molecule has 1 aromatic heterocycles. The number of hydrogen-bond acceptors (Lipinski definition) is 4. The van der Waals surface area contributed by atoms with Crippen molar-refractivity contribution in [1.82, 2.24) is 9.97 Å². The van der Waals surface area contributed by atoms with Gasteiger partial charge >= 0.3 is 0 Å². The summed E-state index contributed by atoms with van der Waals surface area (Å²) in [4.78, 5) is 9.05. The van der Waals surface area contributed by atoms with Crippen LogP contribution in [0.15, 0.2) is 60.9 Å². The molecule has 4 nitrogen and oxygen atoms in total. The second kappa shape index (κ2) is 14.3. The van der Waals surface area contributed by atoms with E-state index in [1.165, 1.54) is 25.7 Å². The molecule has 0 fully saturated rings. The third-order valence-corrected chi connectivity index (χ3v) is 5.77. The van der Waals surface area contributed by atoms with Gasteiger partial charge in [0.05, 0.1) is 6.61 Å². The maximum atomic E-state index is 13.8. The molecule has 0 N–H and O–H groups in total. The number of unbranched alkanes of at least 4 members (excludes halogenated alkanes) is 5. The lowest BCUT2D eigenvalue weighted by atomic mass is 10.1. The lowest BCUT2D eigenvalue weighted by molar-refractivity contribution is 0.184. The van der Waals surface area contributed by atoms with Crippen LogP contribution in [0.3, 0.4) is 0 Å². The quantitative estimate of drug-likeness (QED) is 0.213. The van der Waals surface area contributed by atoms with Gasteiger partial charge in [-0.25, -0.2) is 14.4 Å². The minimum atomic E-state index is -0.924. The van der Waals surface area contributed by atoms with Crippen molar-refractivity contribution < 1.29 is 13.9 Å². The van der Waals surface area contributed by atoms with Crippen LogP contribution in [0.2, 0.25) is 0 Å². The second-order valence-electron chi connectivity index (χ2n) is 8.66. The van der Waals surface area contributed by atoms with E-state index in [4.69, 9.17) is 9.47 Å². The Morgan fingerprint density at radius 3 is 1.91 bits per heavy atom. The van der Waals surface area contributed by atoms with Crippen LogP contribution in [-0.2, 0) is 0 Å². The molecule has 2 aromatic carbocycles. The summed E-state index contributed by atoms with van der Waals surface area (Å²) >= 11 is 0. The topological polar surface area (TPSA) is 44.2 Å². The number of alkyl halides is 1. The molecule has 1 heterocycles. The third-order valence-electron chi connectivity index (χ3n) is 5.77. The highest BCUT2D eigenvalue weighted by Crippen LogP contribution is 2.24. The molecule has 0 aliphatic carbocycles. The first kappa shape index (κ1) is 25.7. The summed E-state index contributed by atoms with van der Waals surface area (Å²) in [5, 5.41) is 0. The molecule has 34 heavy (non-hydrogen) atoms. The lowest BCUT2D eigenvalue weighted by Crippen LogP contribution is -2.12. The van der Waals surface area contributed by atoms with Gasteiger partial charge in [-0.3, -0.25) is 0 Å². The first-order chi connectivity index (χ1) is 16.7. The molecular formula is C29H37FN2O2. The van der Waals surface area contributed by atoms with E-state index in [2.05, 4.69) is 23.8 Å². The molecule has 0 spiro atoms. The number of aromatic nitrogens is 2. The predicted octanol–water partition coefficient (Wildman–Crippen LogP) is 8.07. The molecule has 0 aliphatic heterocycles.